The van der Waals surface area contributed by atoms with E-state index < -0.39 is 24.8 Å². The number of hydrogen-bond donors (Lipinski definition) is 2. The Morgan fingerprint density at radius 3 is 2.58 bits per heavy atom. The number of methoxy groups -OCH3 is 1. The summed E-state index contributed by atoms with van der Waals surface area (Å²) in [6.45, 7) is -0.941. The lowest BCUT2D eigenvalue weighted by Crippen LogP contribution is -2.33. The first-order valence-corrected chi connectivity index (χ1v) is 5.86. The van der Waals surface area contributed by atoms with Gasteiger partial charge in [0.05, 0.1) is 7.11 Å². The van der Waals surface area contributed by atoms with E-state index in [1.807, 2.05) is 0 Å². The van der Waals surface area contributed by atoms with Gasteiger partial charge in [0.25, 0.3) is 0 Å². The van der Waals surface area contributed by atoms with E-state index in [1.165, 1.54) is 7.11 Å². The Hall–Kier alpha value is -1.66. The second-order valence-corrected chi connectivity index (χ2v) is 4.10. The second-order valence-electron chi connectivity index (χ2n) is 4.10. The lowest BCUT2D eigenvalue weighted by molar-refractivity contribution is -0.142. The summed E-state index contributed by atoms with van der Waals surface area (Å²) in [6, 6.07) is 6.14. The molecule has 1 unspecified atom stereocenters. The molecule has 0 radical (unpaired) electrons. The van der Waals surface area contributed by atoms with E-state index in [0.717, 1.165) is 5.56 Å². The number of hydrogen-bond acceptors (Lipinski definition) is 5. The molecule has 106 valence electrons. The highest BCUT2D eigenvalue weighted by atomic mass is 19.1. The monoisotopic (exact) mass is 271 g/mol. The standard InChI is InChI=1S/C13H18FNO4/c1-18-13(17)12(15)6-9-2-4-11(5-3-9)19-8-10(16)7-14/h2-5,10,12,16H,6-8,15H2,1H3/t10?,12-/m0/s1. The van der Waals surface area contributed by atoms with E-state index in [-0.39, 0.29) is 6.61 Å². The number of nitrogens with two attached hydrogens (primary N) is 1. The molecule has 0 aliphatic heterocycles. The van der Waals surface area contributed by atoms with Crippen LogP contribution in [0.4, 0.5) is 4.39 Å². The molecular weight excluding hydrogens is 253 g/mol. The average molecular weight is 271 g/mol. The summed E-state index contributed by atoms with van der Waals surface area (Å²) in [5.74, 6) is 0.0503. The number of carbonyl (C=O) groups excluding carboxylic acids is 1. The van der Waals surface area contributed by atoms with Gasteiger partial charge in [0.1, 0.15) is 31.2 Å². The zero-order valence-corrected chi connectivity index (χ0v) is 10.7. The third-order valence-electron chi connectivity index (χ3n) is 2.50. The maximum Gasteiger partial charge on any atom is 0.322 e. The lowest BCUT2D eigenvalue weighted by Gasteiger charge is -2.11. The fraction of sp³-hybridized carbons (Fsp3) is 0.462. The summed E-state index contributed by atoms with van der Waals surface area (Å²) in [7, 11) is 1.29. The minimum absolute atomic E-state index is 0.0997. The maximum atomic E-state index is 12.0. The summed E-state index contributed by atoms with van der Waals surface area (Å²) in [5, 5.41) is 9.01. The average Bonchev–Trinajstić information content (AvgIpc) is 2.45. The Morgan fingerprint density at radius 1 is 1.42 bits per heavy atom. The molecule has 3 N–H and O–H groups in total. The third kappa shape index (κ3) is 5.23. The van der Waals surface area contributed by atoms with Crippen LogP contribution in [0.2, 0.25) is 0 Å². The van der Waals surface area contributed by atoms with Crippen molar-refractivity contribution in [3.05, 3.63) is 29.8 Å². The number of aliphatic hydroxyl groups excluding tert-OH is 1. The van der Waals surface area contributed by atoms with Crippen LogP contribution < -0.4 is 10.5 Å². The topological polar surface area (TPSA) is 81.8 Å². The summed E-state index contributed by atoms with van der Waals surface area (Å²) >= 11 is 0. The van der Waals surface area contributed by atoms with Crippen molar-refractivity contribution in [3.8, 4) is 5.75 Å². The van der Waals surface area contributed by atoms with Gasteiger partial charge in [-0.3, -0.25) is 4.79 Å². The SMILES string of the molecule is COC(=O)[C@@H](N)Cc1ccc(OCC(O)CF)cc1. The maximum absolute atomic E-state index is 12.0. The van der Waals surface area contributed by atoms with Crippen molar-refractivity contribution in [1.82, 2.24) is 0 Å². The molecule has 6 heteroatoms. The van der Waals surface area contributed by atoms with Crippen LogP contribution >= 0.6 is 0 Å². The van der Waals surface area contributed by atoms with Gasteiger partial charge < -0.3 is 20.3 Å². The molecule has 0 saturated heterocycles. The Balaban J connectivity index is 2.49. The molecule has 0 aliphatic rings. The Morgan fingerprint density at radius 2 is 2.05 bits per heavy atom. The number of alkyl halides is 1. The van der Waals surface area contributed by atoms with Gasteiger partial charge >= 0.3 is 5.97 Å². The number of benzene rings is 1. The van der Waals surface area contributed by atoms with Gasteiger partial charge in [-0.2, -0.15) is 0 Å². The van der Waals surface area contributed by atoms with Crippen molar-refractivity contribution in [3.63, 3.8) is 0 Å². The predicted molar refractivity (Wildman–Crippen MR) is 67.6 cm³/mol. The fourth-order valence-electron chi connectivity index (χ4n) is 1.45. The molecule has 0 aliphatic carbocycles. The van der Waals surface area contributed by atoms with Crippen LogP contribution in [0, 0.1) is 0 Å². The third-order valence-corrected chi connectivity index (χ3v) is 2.50. The zero-order chi connectivity index (χ0) is 14.3. The van der Waals surface area contributed by atoms with Crippen molar-refractivity contribution in [2.24, 2.45) is 5.73 Å². The normalized spacial score (nSPS) is 13.7. The molecule has 0 fully saturated rings. The van der Waals surface area contributed by atoms with Gasteiger partial charge in [0, 0.05) is 0 Å². The summed E-state index contributed by atoms with van der Waals surface area (Å²) in [5.41, 5.74) is 6.49. The molecule has 5 nitrogen and oxygen atoms in total. The quantitative estimate of drug-likeness (QED) is 0.703. The van der Waals surface area contributed by atoms with Crippen LogP contribution in [0.1, 0.15) is 5.56 Å². The van der Waals surface area contributed by atoms with E-state index in [4.69, 9.17) is 15.6 Å². The molecule has 0 spiro atoms. The Bertz CT molecular complexity index is 396. The first-order chi connectivity index (χ1) is 9.06. The molecule has 0 bridgehead atoms. The fourth-order valence-corrected chi connectivity index (χ4v) is 1.45. The van der Waals surface area contributed by atoms with E-state index in [1.54, 1.807) is 24.3 Å². The van der Waals surface area contributed by atoms with E-state index in [0.29, 0.717) is 12.2 Å². The summed E-state index contributed by atoms with van der Waals surface area (Å²) in [6.07, 6.45) is -0.757. The number of carbonyl (C=O) groups is 1. The van der Waals surface area contributed by atoms with Gasteiger partial charge in [-0.05, 0) is 24.1 Å². The van der Waals surface area contributed by atoms with Gasteiger partial charge in [-0.15, -0.1) is 0 Å². The van der Waals surface area contributed by atoms with Crippen molar-refractivity contribution >= 4 is 5.97 Å². The van der Waals surface area contributed by atoms with Crippen LogP contribution in [0.25, 0.3) is 0 Å². The summed E-state index contributed by atoms with van der Waals surface area (Å²) < 4.78 is 21.7. The van der Waals surface area contributed by atoms with E-state index >= 15 is 0 Å². The largest absolute Gasteiger partial charge is 0.491 e. The smallest absolute Gasteiger partial charge is 0.322 e. The highest BCUT2D eigenvalue weighted by Gasteiger charge is 2.14. The van der Waals surface area contributed by atoms with Crippen LogP contribution in [0.3, 0.4) is 0 Å². The summed E-state index contributed by atoms with van der Waals surface area (Å²) in [4.78, 5) is 11.2. The minimum Gasteiger partial charge on any atom is -0.491 e. The molecule has 2 atom stereocenters. The van der Waals surface area contributed by atoms with Gasteiger partial charge in [0.2, 0.25) is 0 Å². The van der Waals surface area contributed by atoms with E-state index in [9.17, 15) is 9.18 Å². The molecule has 0 amide bonds. The Labute approximate surface area is 111 Å². The Kier molecular flexibility index (Phi) is 6.24. The predicted octanol–water partition coefficient (Wildman–Crippen LogP) is 0.439. The van der Waals surface area contributed by atoms with Crippen molar-refractivity contribution in [2.45, 2.75) is 18.6 Å². The highest BCUT2D eigenvalue weighted by molar-refractivity contribution is 5.75. The molecule has 0 saturated carbocycles. The van der Waals surface area contributed by atoms with Gasteiger partial charge in [-0.25, -0.2) is 4.39 Å². The number of halogens is 1. The van der Waals surface area contributed by atoms with Gasteiger partial charge in [-0.1, -0.05) is 12.1 Å². The molecule has 1 aromatic rings. The van der Waals surface area contributed by atoms with E-state index in [2.05, 4.69) is 4.74 Å². The van der Waals surface area contributed by atoms with Crippen LogP contribution in [-0.4, -0.2) is 43.6 Å². The number of aliphatic hydroxyl groups is 1. The first kappa shape index (κ1) is 15.4. The number of ether oxygens (including phenoxy) is 2. The number of rotatable bonds is 7. The zero-order valence-electron chi connectivity index (χ0n) is 10.7. The van der Waals surface area contributed by atoms with Crippen molar-refractivity contribution in [1.29, 1.82) is 0 Å². The van der Waals surface area contributed by atoms with Crippen LogP contribution in [0.5, 0.6) is 5.75 Å². The van der Waals surface area contributed by atoms with Crippen LogP contribution in [0.15, 0.2) is 24.3 Å². The minimum atomic E-state index is -1.12. The van der Waals surface area contributed by atoms with Crippen molar-refractivity contribution in [2.75, 3.05) is 20.4 Å². The first-order valence-electron chi connectivity index (χ1n) is 5.86. The molecular formula is C13H18FNO4. The molecule has 0 heterocycles. The van der Waals surface area contributed by atoms with Crippen LogP contribution in [-0.2, 0) is 16.0 Å². The molecule has 19 heavy (non-hydrogen) atoms. The molecule has 0 aromatic heterocycles. The molecule has 1 aromatic carbocycles. The van der Waals surface area contributed by atoms with Gasteiger partial charge in [0.15, 0.2) is 0 Å². The highest BCUT2D eigenvalue weighted by Crippen LogP contribution is 2.13. The molecule has 1 rings (SSSR count). The number of esters is 1. The second kappa shape index (κ2) is 7.70. The lowest BCUT2D eigenvalue weighted by atomic mass is 10.1. The van der Waals surface area contributed by atoms with Crippen molar-refractivity contribution < 1.29 is 23.8 Å².